The molecule has 0 atom stereocenters. The Morgan fingerprint density at radius 2 is 1.71 bits per heavy atom. The van der Waals surface area contributed by atoms with Crippen molar-refractivity contribution in [3.63, 3.8) is 0 Å². The Kier molecular flexibility index (Phi) is 2.30. The molecular formula is C6H3F5N2O. The van der Waals surface area contributed by atoms with Gasteiger partial charge in [-0.05, 0) is 6.08 Å². The van der Waals surface area contributed by atoms with Crippen LogP contribution >= 0.6 is 0 Å². The van der Waals surface area contributed by atoms with Gasteiger partial charge in [0.05, 0.1) is 0 Å². The number of alkyl halides is 5. The van der Waals surface area contributed by atoms with Gasteiger partial charge in [0.25, 0.3) is 5.89 Å². The number of hydrogen-bond donors (Lipinski definition) is 0. The van der Waals surface area contributed by atoms with Crippen LogP contribution in [0.15, 0.2) is 11.0 Å². The van der Waals surface area contributed by atoms with Gasteiger partial charge in [0.1, 0.15) is 0 Å². The molecule has 0 spiro atoms. The molecule has 0 aromatic carbocycles. The smallest absolute Gasteiger partial charge is 0.415 e. The standard InChI is InChI=1S/C6H3F5N2O/c1-2-3-12-13-4(14-3)5(7,8)6(9,10)11/h2H,1H2. The second-order valence-electron chi connectivity index (χ2n) is 2.22. The SMILES string of the molecule is C=Cc1nnc(C(F)(F)C(F)(F)F)o1. The van der Waals surface area contributed by atoms with Crippen LogP contribution in [-0.2, 0) is 5.92 Å². The van der Waals surface area contributed by atoms with Crippen molar-refractivity contribution in [3.8, 4) is 0 Å². The zero-order chi connectivity index (χ0) is 11.0. The fourth-order valence-corrected chi connectivity index (χ4v) is 0.565. The van der Waals surface area contributed by atoms with Gasteiger partial charge in [-0.2, -0.15) is 22.0 Å². The first-order valence-electron chi connectivity index (χ1n) is 3.20. The van der Waals surface area contributed by atoms with E-state index in [-0.39, 0.29) is 0 Å². The molecule has 8 heteroatoms. The minimum absolute atomic E-state index is 0.496. The highest BCUT2D eigenvalue weighted by atomic mass is 19.4. The molecule has 0 radical (unpaired) electrons. The van der Waals surface area contributed by atoms with E-state index < -0.39 is 23.9 Å². The highest BCUT2D eigenvalue weighted by Crippen LogP contribution is 2.42. The third-order valence-corrected chi connectivity index (χ3v) is 1.24. The van der Waals surface area contributed by atoms with Crippen LogP contribution in [0.1, 0.15) is 11.8 Å². The zero-order valence-electron chi connectivity index (χ0n) is 6.48. The van der Waals surface area contributed by atoms with Gasteiger partial charge < -0.3 is 4.42 Å². The van der Waals surface area contributed by atoms with Gasteiger partial charge >= 0.3 is 12.1 Å². The lowest BCUT2D eigenvalue weighted by Crippen LogP contribution is -2.34. The zero-order valence-corrected chi connectivity index (χ0v) is 6.48. The molecule has 1 heterocycles. The van der Waals surface area contributed by atoms with Gasteiger partial charge in [0, 0.05) is 0 Å². The maximum absolute atomic E-state index is 12.5. The van der Waals surface area contributed by atoms with Crippen molar-refractivity contribution in [2.24, 2.45) is 0 Å². The number of hydrogen-bond acceptors (Lipinski definition) is 3. The molecule has 0 unspecified atom stereocenters. The van der Waals surface area contributed by atoms with Crippen molar-refractivity contribution < 1.29 is 26.4 Å². The van der Waals surface area contributed by atoms with E-state index in [4.69, 9.17) is 0 Å². The Hall–Kier alpha value is -1.47. The summed E-state index contributed by atoms with van der Waals surface area (Å²) in [6.07, 6.45) is -4.89. The maximum atomic E-state index is 12.5. The lowest BCUT2D eigenvalue weighted by Gasteiger charge is -2.14. The molecule has 1 rings (SSSR count). The summed E-state index contributed by atoms with van der Waals surface area (Å²) in [5.74, 6) is -7.43. The van der Waals surface area contributed by atoms with E-state index >= 15 is 0 Å². The molecule has 0 bridgehead atoms. The first-order valence-corrected chi connectivity index (χ1v) is 3.20. The fraction of sp³-hybridized carbons (Fsp3) is 0.333. The van der Waals surface area contributed by atoms with E-state index in [2.05, 4.69) is 21.2 Å². The van der Waals surface area contributed by atoms with Gasteiger partial charge in [-0.25, -0.2) is 0 Å². The van der Waals surface area contributed by atoms with Crippen molar-refractivity contribution in [1.29, 1.82) is 0 Å². The van der Waals surface area contributed by atoms with Crippen molar-refractivity contribution in [3.05, 3.63) is 18.4 Å². The minimum atomic E-state index is -5.75. The highest BCUT2D eigenvalue weighted by Gasteiger charge is 2.62. The predicted molar refractivity (Wildman–Crippen MR) is 34.3 cm³/mol. The summed E-state index contributed by atoms with van der Waals surface area (Å²) in [6, 6.07) is 0. The molecule has 0 saturated heterocycles. The lowest BCUT2D eigenvalue weighted by molar-refractivity contribution is -0.297. The Morgan fingerprint density at radius 3 is 2.07 bits per heavy atom. The lowest BCUT2D eigenvalue weighted by atomic mass is 10.3. The molecule has 0 aliphatic heterocycles. The first-order chi connectivity index (χ1) is 6.29. The van der Waals surface area contributed by atoms with Gasteiger partial charge in [0.15, 0.2) is 0 Å². The third-order valence-electron chi connectivity index (χ3n) is 1.24. The van der Waals surface area contributed by atoms with E-state index in [0.717, 1.165) is 6.08 Å². The third kappa shape index (κ3) is 1.59. The van der Waals surface area contributed by atoms with E-state index in [9.17, 15) is 22.0 Å². The molecule has 0 aliphatic carbocycles. The average molecular weight is 214 g/mol. The Bertz CT molecular complexity index is 342. The quantitative estimate of drug-likeness (QED) is 0.709. The highest BCUT2D eigenvalue weighted by molar-refractivity contribution is 5.32. The largest absolute Gasteiger partial charge is 0.463 e. The van der Waals surface area contributed by atoms with Crippen molar-refractivity contribution in [2.45, 2.75) is 12.1 Å². The predicted octanol–water partition coefficient (Wildman–Crippen LogP) is 2.37. The summed E-state index contributed by atoms with van der Waals surface area (Å²) < 4.78 is 64.1. The maximum Gasteiger partial charge on any atom is 0.463 e. The number of nitrogens with zero attached hydrogens (tertiary/aromatic N) is 2. The van der Waals surface area contributed by atoms with Gasteiger partial charge in [0.2, 0.25) is 5.89 Å². The number of aromatic nitrogens is 2. The minimum Gasteiger partial charge on any atom is -0.415 e. The second-order valence-corrected chi connectivity index (χ2v) is 2.22. The molecule has 14 heavy (non-hydrogen) atoms. The van der Waals surface area contributed by atoms with Crippen molar-refractivity contribution >= 4 is 6.08 Å². The number of halogens is 5. The van der Waals surface area contributed by atoms with E-state index in [1.165, 1.54) is 0 Å². The summed E-state index contributed by atoms with van der Waals surface area (Å²) in [5.41, 5.74) is 0. The summed E-state index contributed by atoms with van der Waals surface area (Å²) in [7, 11) is 0. The van der Waals surface area contributed by atoms with Crippen LogP contribution in [-0.4, -0.2) is 16.4 Å². The Labute approximate surface area is 74.2 Å². The van der Waals surface area contributed by atoms with E-state index in [1.807, 2.05) is 0 Å². The molecule has 0 aliphatic rings. The van der Waals surface area contributed by atoms with Crippen LogP contribution in [0, 0.1) is 0 Å². The van der Waals surface area contributed by atoms with Gasteiger partial charge in [-0.3, -0.25) is 0 Å². The number of rotatable bonds is 2. The molecule has 0 amide bonds. The molecule has 3 nitrogen and oxygen atoms in total. The molecule has 1 aromatic heterocycles. The van der Waals surface area contributed by atoms with Crippen LogP contribution in [0.4, 0.5) is 22.0 Å². The summed E-state index contributed by atoms with van der Waals surface area (Å²) in [5, 5.41) is 5.47. The average Bonchev–Trinajstić information content (AvgIpc) is 2.49. The summed E-state index contributed by atoms with van der Waals surface area (Å²) in [4.78, 5) is 0. The van der Waals surface area contributed by atoms with Gasteiger partial charge in [-0.1, -0.05) is 6.58 Å². The molecule has 0 saturated carbocycles. The molecule has 78 valence electrons. The van der Waals surface area contributed by atoms with Gasteiger partial charge in [-0.15, -0.1) is 10.2 Å². The summed E-state index contributed by atoms with van der Waals surface area (Å²) in [6.45, 7) is 3.07. The Balaban J connectivity index is 3.09. The second kappa shape index (κ2) is 3.03. The van der Waals surface area contributed by atoms with Crippen molar-refractivity contribution in [2.75, 3.05) is 0 Å². The summed E-state index contributed by atoms with van der Waals surface area (Å²) >= 11 is 0. The fourth-order valence-electron chi connectivity index (χ4n) is 0.565. The molecule has 0 fully saturated rings. The van der Waals surface area contributed by atoms with Crippen LogP contribution in [0.25, 0.3) is 6.08 Å². The van der Waals surface area contributed by atoms with E-state index in [0.29, 0.717) is 0 Å². The first kappa shape index (κ1) is 10.6. The van der Waals surface area contributed by atoms with Crippen LogP contribution in [0.2, 0.25) is 0 Å². The van der Waals surface area contributed by atoms with Crippen molar-refractivity contribution in [1.82, 2.24) is 10.2 Å². The topological polar surface area (TPSA) is 38.9 Å². The van der Waals surface area contributed by atoms with Crippen LogP contribution < -0.4 is 0 Å². The molecular weight excluding hydrogens is 211 g/mol. The van der Waals surface area contributed by atoms with Crippen LogP contribution in [0.5, 0.6) is 0 Å². The van der Waals surface area contributed by atoms with E-state index in [1.54, 1.807) is 0 Å². The van der Waals surface area contributed by atoms with Crippen LogP contribution in [0.3, 0.4) is 0 Å². The Morgan fingerprint density at radius 1 is 1.14 bits per heavy atom. The molecule has 0 N–H and O–H groups in total. The normalized spacial score (nSPS) is 12.9. The monoisotopic (exact) mass is 214 g/mol. The molecule has 1 aromatic rings.